The highest BCUT2D eigenvalue weighted by Gasteiger charge is 2.30. The Morgan fingerprint density at radius 1 is 0.580 bits per heavy atom. The number of benzene rings is 3. The summed E-state index contributed by atoms with van der Waals surface area (Å²) in [5.41, 5.74) is 12.1. The van der Waals surface area contributed by atoms with Gasteiger partial charge in [0.15, 0.2) is 0 Å². The number of amides is 6. The predicted molar refractivity (Wildman–Crippen MR) is 336 cm³/mol. The molecule has 466 valence electrons. The van der Waals surface area contributed by atoms with Crippen LogP contribution in [0, 0.1) is 59.0 Å². The second-order valence-electron chi connectivity index (χ2n) is 21.8. The summed E-state index contributed by atoms with van der Waals surface area (Å²) in [6.45, 7) is 25.8. The van der Waals surface area contributed by atoms with E-state index in [1.54, 1.807) is 44.2 Å². The number of aliphatic hydroxyl groups excluding tert-OH is 1. The first-order valence-corrected chi connectivity index (χ1v) is 29.4. The normalized spacial score (nSPS) is 15.9. The average Bonchev–Trinajstić information content (AvgIpc) is 2.56. The molecular formula is C65H77F3N12O8. The zero-order chi connectivity index (χ0) is 63.5. The molecule has 20 nitrogen and oxygen atoms in total. The molecule has 1 atom stereocenters. The Hall–Kier alpha value is -8.87. The van der Waals surface area contributed by atoms with Crippen molar-refractivity contribution < 1.29 is 51.8 Å². The highest BCUT2D eigenvalue weighted by Crippen LogP contribution is 2.37. The van der Waals surface area contributed by atoms with Gasteiger partial charge in [0.2, 0.25) is 0 Å². The number of β-amino-alcohol motifs (C(OH)–C–C–N with tert-alkyl or cyclic N) is 1. The second-order valence-corrected chi connectivity index (χ2v) is 21.8. The molecule has 7 heterocycles. The maximum Gasteiger partial charge on any atom is 0.256 e. The largest absolute Gasteiger partial charge is 0.390 e. The van der Waals surface area contributed by atoms with Gasteiger partial charge in [-0.25, -0.2) is 13.2 Å². The highest BCUT2D eigenvalue weighted by molar-refractivity contribution is 6.36. The minimum Gasteiger partial charge on any atom is -0.390 e. The Bertz CT molecular complexity index is 3740. The van der Waals surface area contributed by atoms with Crippen molar-refractivity contribution in [3.8, 4) is 0 Å². The Morgan fingerprint density at radius 2 is 0.955 bits per heavy atom. The van der Waals surface area contributed by atoms with E-state index in [1.807, 2.05) is 34.6 Å². The molecule has 0 radical (unpaired) electrons. The van der Waals surface area contributed by atoms with E-state index in [0.29, 0.717) is 135 Å². The zero-order valence-electron chi connectivity index (χ0n) is 51.0. The Balaban J connectivity index is 0.000000172. The number of aryl methyl sites for hydroxylation is 3. The van der Waals surface area contributed by atoms with Crippen LogP contribution in [0.2, 0.25) is 0 Å². The van der Waals surface area contributed by atoms with E-state index in [9.17, 15) is 47.0 Å². The van der Waals surface area contributed by atoms with Crippen LogP contribution in [0.3, 0.4) is 0 Å². The van der Waals surface area contributed by atoms with E-state index in [2.05, 4.69) is 75.8 Å². The molecule has 0 unspecified atom stereocenters. The maximum atomic E-state index is 13.7. The number of morpholine rings is 1. The van der Waals surface area contributed by atoms with Crippen molar-refractivity contribution >= 4 is 87.5 Å². The third kappa shape index (κ3) is 15.3. The first-order valence-electron chi connectivity index (χ1n) is 29.4. The van der Waals surface area contributed by atoms with Crippen LogP contribution in [-0.2, 0) is 19.1 Å². The zero-order valence-corrected chi connectivity index (χ0v) is 51.0. The molecular weight excluding hydrogens is 1130 g/mol. The average molecular weight is 1210 g/mol. The smallest absolute Gasteiger partial charge is 0.256 e. The molecule has 6 aromatic rings. The van der Waals surface area contributed by atoms with Gasteiger partial charge in [0, 0.05) is 120 Å². The molecule has 3 aromatic heterocycles. The minimum atomic E-state index is -0.688. The van der Waals surface area contributed by atoms with Crippen LogP contribution in [0.15, 0.2) is 54.6 Å². The lowest BCUT2D eigenvalue weighted by atomic mass is 10.0. The Kier molecular flexibility index (Phi) is 21.6. The quantitative estimate of drug-likeness (QED) is 0.0277. The molecule has 23 heteroatoms. The third-order valence-corrected chi connectivity index (χ3v) is 15.8. The molecule has 10 rings (SSSR count). The number of halogens is 3. The molecule has 4 aliphatic heterocycles. The lowest BCUT2D eigenvalue weighted by molar-refractivity contribution is -0.111. The molecule has 11 N–H and O–H groups in total. The van der Waals surface area contributed by atoms with Gasteiger partial charge in [-0.3, -0.25) is 33.7 Å². The molecule has 0 bridgehead atoms. The van der Waals surface area contributed by atoms with Crippen LogP contribution in [0.4, 0.5) is 30.2 Å². The van der Waals surface area contributed by atoms with Gasteiger partial charge in [-0.15, -0.1) is 0 Å². The number of H-pyrrole nitrogens is 3. The van der Waals surface area contributed by atoms with Crippen molar-refractivity contribution in [3.05, 3.63) is 156 Å². The molecule has 0 saturated carbocycles. The number of fused-ring (bicyclic) bond motifs is 3. The standard InChI is InChI=1S/C23H27FN4O4.C22H27FN4O2.C20H23FN4O2/c1-13-20(10-18-17-9-15(24)3-4-19(17)27-22(18)30)26-14(2)21(13)23(31)25-11-16(29)12-28-5-7-32-8-6-28;1-5-27(6-2)10-9-24-22(29)20-13(3)19(25-14(20)4)12-17-16-11-15(23)7-8-18(16)26-21(17)28;1-4-22-7-8-23-20(27)18-11(2)17(24-12(18)3)10-15-14-9-13(21)5-6-16(14)25-19(15)26/h3-4,9-10,16,26,29H,5-8,11-12H2,1-2H3,(H,25,31)(H,27,30);7-8,11-12,25H,5-6,9-10H2,1-4H3,(H,24,29)(H,26,28);5-6,9-10,22,24H,4,7-8H2,1-3H3,(H,23,27)(H,25,26)/b18-10-;17-12-;15-10-/t16-;;/m0../s1. The van der Waals surface area contributed by atoms with E-state index in [-0.39, 0.29) is 42.0 Å². The van der Waals surface area contributed by atoms with E-state index < -0.39 is 23.6 Å². The van der Waals surface area contributed by atoms with E-state index >= 15 is 0 Å². The summed E-state index contributed by atoms with van der Waals surface area (Å²) < 4.78 is 46.2. The van der Waals surface area contributed by atoms with Crippen molar-refractivity contribution in [3.63, 3.8) is 0 Å². The topological polar surface area (TPSA) is 270 Å². The van der Waals surface area contributed by atoms with Crippen molar-refractivity contribution in [2.45, 2.75) is 68.4 Å². The van der Waals surface area contributed by atoms with Crippen LogP contribution in [0.5, 0.6) is 0 Å². The van der Waals surface area contributed by atoms with Crippen LogP contribution >= 0.6 is 0 Å². The summed E-state index contributed by atoms with van der Waals surface area (Å²) in [5, 5.41) is 30.3. The summed E-state index contributed by atoms with van der Waals surface area (Å²) in [7, 11) is 0. The number of carbonyl (C=O) groups excluding carboxylic acids is 6. The lowest BCUT2D eigenvalue weighted by Gasteiger charge is -2.28. The first-order chi connectivity index (χ1) is 42.1. The summed E-state index contributed by atoms with van der Waals surface area (Å²) in [5.74, 6) is -2.75. The predicted octanol–water partition coefficient (Wildman–Crippen LogP) is 7.62. The van der Waals surface area contributed by atoms with Crippen LogP contribution < -0.4 is 37.2 Å². The molecule has 4 aliphatic rings. The van der Waals surface area contributed by atoms with Crippen molar-refractivity contribution in [2.24, 2.45) is 0 Å². The molecule has 1 fully saturated rings. The van der Waals surface area contributed by atoms with Gasteiger partial charge >= 0.3 is 0 Å². The molecule has 88 heavy (non-hydrogen) atoms. The lowest BCUT2D eigenvalue weighted by Crippen LogP contribution is -2.44. The number of rotatable bonds is 19. The number of hydrogen-bond donors (Lipinski definition) is 11. The van der Waals surface area contributed by atoms with Crippen molar-refractivity contribution in [1.29, 1.82) is 0 Å². The van der Waals surface area contributed by atoms with Gasteiger partial charge < -0.3 is 66.9 Å². The van der Waals surface area contributed by atoms with Gasteiger partial charge in [-0.05, 0) is 151 Å². The van der Waals surface area contributed by atoms with Crippen molar-refractivity contribution in [2.75, 3.05) is 101 Å². The number of nitrogens with one attached hydrogen (secondary N) is 10. The molecule has 6 amide bonds. The van der Waals surface area contributed by atoms with Gasteiger partial charge in [0.1, 0.15) is 17.5 Å². The maximum absolute atomic E-state index is 13.7. The Labute approximate surface area is 509 Å². The number of anilines is 3. The van der Waals surface area contributed by atoms with Gasteiger partial charge in [-0.1, -0.05) is 20.8 Å². The van der Waals surface area contributed by atoms with E-state index in [1.165, 1.54) is 42.5 Å². The Morgan fingerprint density at radius 3 is 1.33 bits per heavy atom. The van der Waals surface area contributed by atoms with Gasteiger partial charge in [0.05, 0.1) is 52.7 Å². The summed E-state index contributed by atoms with van der Waals surface area (Å²) in [4.78, 5) is 88.9. The number of aliphatic hydroxyl groups is 1. The summed E-state index contributed by atoms with van der Waals surface area (Å²) in [6.07, 6.45) is 4.29. The van der Waals surface area contributed by atoms with E-state index in [4.69, 9.17) is 4.74 Å². The molecule has 0 spiro atoms. The minimum absolute atomic E-state index is 0.131. The monoisotopic (exact) mass is 1210 g/mol. The second kappa shape index (κ2) is 29.2. The fourth-order valence-electron chi connectivity index (χ4n) is 11.1. The third-order valence-electron chi connectivity index (χ3n) is 15.8. The summed E-state index contributed by atoms with van der Waals surface area (Å²) in [6, 6.07) is 12.5. The number of aromatic amines is 3. The fraction of sp³-hybridized carbons (Fsp3) is 0.354. The number of aromatic nitrogens is 3. The number of carbonyl (C=O) groups is 6. The first kappa shape index (κ1) is 65.1. The van der Waals surface area contributed by atoms with Crippen molar-refractivity contribution in [1.82, 2.24) is 46.0 Å². The molecule has 0 aliphatic carbocycles. The molecule has 1 saturated heterocycles. The van der Waals surface area contributed by atoms with E-state index in [0.717, 1.165) is 61.8 Å². The number of ether oxygens (including phenoxy) is 1. The number of nitrogens with zero attached hydrogens (tertiary/aromatic N) is 2. The highest BCUT2D eigenvalue weighted by atomic mass is 19.1. The van der Waals surface area contributed by atoms with Gasteiger partial charge in [0.25, 0.3) is 35.4 Å². The van der Waals surface area contributed by atoms with Crippen LogP contribution in [0.25, 0.3) is 34.9 Å². The fourth-order valence-corrected chi connectivity index (χ4v) is 11.1. The summed E-state index contributed by atoms with van der Waals surface area (Å²) >= 11 is 0. The SMILES string of the molecule is CCN(CC)CCNC(=O)c1c(C)[nH]c(/C=C2\C(=O)Nc3ccc(F)cc32)c1C.CCNCCNC(=O)c1c(C)[nH]c(/C=C2\C(=O)Nc3ccc(F)cc32)c1C.Cc1[nH]c(/C=C2\C(=O)Nc3ccc(F)cc32)c(C)c1C(=O)NC[C@H](O)CN1CCOCC1. The van der Waals surface area contributed by atoms with Gasteiger partial charge in [-0.2, -0.15) is 0 Å². The van der Waals surface area contributed by atoms with Crippen LogP contribution in [0.1, 0.15) is 119 Å². The molecule has 3 aromatic carbocycles. The number of likely N-dealkylation sites (N-methyl/N-ethyl adjacent to an activating group) is 2. The number of hydrogen-bond acceptors (Lipinski definition) is 11. The van der Waals surface area contributed by atoms with Crippen LogP contribution in [-0.4, -0.2) is 157 Å².